The van der Waals surface area contributed by atoms with Crippen LogP contribution in [-0.2, 0) is 0 Å². The van der Waals surface area contributed by atoms with Gasteiger partial charge in [0, 0.05) is 18.8 Å². The third-order valence-corrected chi connectivity index (χ3v) is 3.56. The molecule has 1 aromatic rings. The minimum Gasteiger partial charge on any atom is -0.335 e. The summed E-state index contributed by atoms with van der Waals surface area (Å²) in [5.41, 5.74) is 1.55. The van der Waals surface area contributed by atoms with Gasteiger partial charge in [0.2, 0.25) is 0 Å². The second-order valence-electron chi connectivity index (χ2n) is 4.74. The van der Waals surface area contributed by atoms with E-state index in [0.29, 0.717) is 11.7 Å². The molecule has 0 spiro atoms. The zero-order valence-electron chi connectivity index (χ0n) is 11.1. The quantitative estimate of drug-likeness (QED) is 0.882. The summed E-state index contributed by atoms with van der Waals surface area (Å²) in [4.78, 5) is 18.7. The molecule has 98 valence electrons. The van der Waals surface area contributed by atoms with Crippen LogP contribution in [0.5, 0.6) is 0 Å². The molecule has 18 heavy (non-hydrogen) atoms. The summed E-state index contributed by atoms with van der Waals surface area (Å²) < 4.78 is 0. The molecule has 0 aliphatic carbocycles. The maximum atomic E-state index is 12.5. The summed E-state index contributed by atoms with van der Waals surface area (Å²) in [7, 11) is 0. The highest BCUT2D eigenvalue weighted by molar-refractivity contribution is 5.93. The molecule has 1 amide bonds. The Kier molecular flexibility index (Phi) is 4.31. The van der Waals surface area contributed by atoms with E-state index < -0.39 is 0 Å². The van der Waals surface area contributed by atoms with Crippen LogP contribution in [-0.4, -0.2) is 41.5 Å². The molecule has 4 heteroatoms. The lowest BCUT2D eigenvalue weighted by molar-refractivity contribution is 0.0649. The maximum absolute atomic E-state index is 12.5. The molecule has 1 aliphatic heterocycles. The molecule has 1 N–H and O–H groups in total. The van der Waals surface area contributed by atoms with Gasteiger partial charge in [-0.3, -0.25) is 9.78 Å². The molecular weight excluding hydrogens is 226 g/mol. The molecule has 4 nitrogen and oxygen atoms in total. The molecule has 0 bridgehead atoms. The van der Waals surface area contributed by atoms with E-state index in [2.05, 4.69) is 10.3 Å². The lowest BCUT2D eigenvalue weighted by Gasteiger charge is -2.34. The predicted molar refractivity (Wildman–Crippen MR) is 71.6 cm³/mol. The predicted octanol–water partition coefficient (Wildman–Crippen LogP) is 1.60. The van der Waals surface area contributed by atoms with Crippen molar-refractivity contribution in [1.82, 2.24) is 15.2 Å². The fourth-order valence-corrected chi connectivity index (χ4v) is 2.53. The minimum atomic E-state index is 0.0718. The number of piperidine rings is 1. The molecule has 0 unspecified atom stereocenters. The minimum absolute atomic E-state index is 0.0718. The van der Waals surface area contributed by atoms with Crippen LogP contribution in [0.2, 0.25) is 0 Å². The Morgan fingerprint density at radius 1 is 1.50 bits per heavy atom. The van der Waals surface area contributed by atoms with Gasteiger partial charge in [-0.2, -0.15) is 0 Å². The van der Waals surface area contributed by atoms with Crippen LogP contribution in [0.4, 0.5) is 0 Å². The van der Waals surface area contributed by atoms with Crippen LogP contribution >= 0.6 is 0 Å². The summed E-state index contributed by atoms with van der Waals surface area (Å²) in [6.45, 7) is 6.72. The van der Waals surface area contributed by atoms with Crippen LogP contribution < -0.4 is 5.32 Å². The first-order chi connectivity index (χ1) is 8.74. The number of hydrogen-bond acceptors (Lipinski definition) is 3. The van der Waals surface area contributed by atoms with Gasteiger partial charge in [-0.1, -0.05) is 6.07 Å². The lowest BCUT2D eigenvalue weighted by Crippen LogP contribution is -2.46. The molecule has 1 fully saturated rings. The van der Waals surface area contributed by atoms with Crippen molar-refractivity contribution in [1.29, 1.82) is 0 Å². The van der Waals surface area contributed by atoms with Crippen molar-refractivity contribution in [3.63, 3.8) is 0 Å². The number of rotatable bonds is 3. The standard InChI is InChI=1S/C14H21N3O/c1-3-17(12-6-9-15-10-7-12)14(18)13-11(2)5-4-8-16-13/h4-5,8,12,15H,3,6-7,9-10H2,1-2H3. The summed E-state index contributed by atoms with van der Waals surface area (Å²) in [6, 6.07) is 4.16. The van der Waals surface area contributed by atoms with E-state index in [1.54, 1.807) is 6.20 Å². The molecule has 1 aromatic heterocycles. The summed E-state index contributed by atoms with van der Waals surface area (Å²) >= 11 is 0. The second kappa shape index (κ2) is 5.96. The average Bonchev–Trinajstić information content (AvgIpc) is 2.41. The van der Waals surface area contributed by atoms with Crippen molar-refractivity contribution >= 4 is 5.91 Å². The van der Waals surface area contributed by atoms with Gasteiger partial charge in [0.05, 0.1) is 0 Å². The highest BCUT2D eigenvalue weighted by Crippen LogP contribution is 2.16. The first-order valence-electron chi connectivity index (χ1n) is 6.67. The SMILES string of the molecule is CCN(C(=O)c1ncccc1C)C1CCNCC1. The maximum Gasteiger partial charge on any atom is 0.272 e. The van der Waals surface area contributed by atoms with E-state index in [4.69, 9.17) is 0 Å². The van der Waals surface area contributed by atoms with Gasteiger partial charge in [0.25, 0.3) is 5.91 Å². The molecule has 2 heterocycles. The Balaban J connectivity index is 2.17. The van der Waals surface area contributed by atoms with E-state index in [-0.39, 0.29) is 5.91 Å². The Bertz CT molecular complexity index is 413. The van der Waals surface area contributed by atoms with Crippen LogP contribution in [0.25, 0.3) is 0 Å². The third-order valence-electron chi connectivity index (χ3n) is 3.56. The Morgan fingerprint density at radius 3 is 2.83 bits per heavy atom. The average molecular weight is 247 g/mol. The largest absolute Gasteiger partial charge is 0.335 e. The molecule has 0 atom stereocenters. The fraction of sp³-hybridized carbons (Fsp3) is 0.571. The fourth-order valence-electron chi connectivity index (χ4n) is 2.53. The lowest BCUT2D eigenvalue weighted by atomic mass is 10.0. The molecule has 1 saturated heterocycles. The number of hydrogen-bond donors (Lipinski definition) is 1. The molecule has 1 aliphatic rings. The van der Waals surface area contributed by atoms with Crippen LogP contribution in [0.3, 0.4) is 0 Å². The van der Waals surface area contributed by atoms with Crippen LogP contribution in [0.15, 0.2) is 18.3 Å². The normalized spacial score (nSPS) is 16.6. The van der Waals surface area contributed by atoms with Crippen LogP contribution in [0, 0.1) is 6.92 Å². The molecule has 2 rings (SSSR count). The molecule has 0 radical (unpaired) electrons. The van der Waals surface area contributed by atoms with E-state index in [1.165, 1.54) is 0 Å². The highest BCUT2D eigenvalue weighted by Gasteiger charge is 2.26. The van der Waals surface area contributed by atoms with Gasteiger partial charge in [-0.15, -0.1) is 0 Å². The van der Waals surface area contributed by atoms with E-state index in [1.807, 2.05) is 30.9 Å². The Hall–Kier alpha value is -1.42. The zero-order valence-corrected chi connectivity index (χ0v) is 11.1. The van der Waals surface area contributed by atoms with Gasteiger partial charge in [0.1, 0.15) is 5.69 Å². The number of nitrogens with zero attached hydrogens (tertiary/aromatic N) is 2. The number of amides is 1. The number of carbonyl (C=O) groups excluding carboxylic acids is 1. The summed E-state index contributed by atoms with van der Waals surface area (Å²) in [5, 5.41) is 3.33. The van der Waals surface area contributed by atoms with Gasteiger partial charge >= 0.3 is 0 Å². The van der Waals surface area contributed by atoms with Crippen molar-refractivity contribution in [3.05, 3.63) is 29.6 Å². The zero-order chi connectivity index (χ0) is 13.0. The van der Waals surface area contributed by atoms with Crippen molar-refractivity contribution in [2.24, 2.45) is 0 Å². The topological polar surface area (TPSA) is 45.2 Å². The number of pyridine rings is 1. The smallest absolute Gasteiger partial charge is 0.272 e. The first kappa shape index (κ1) is 13.0. The van der Waals surface area contributed by atoms with E-state index >= 15 is 0 Å². The van der Waals surface area contributed by atoms with Crippen molar-refractivity contribution in [2.45, 2.75) is 32.7 Å². The molecule has 0 saturated carbocycles. The number of carbonyl (C=O) groups is 1. The Labute approximate surface area is 108 Å². The van der Waals surface area contributed by atoms with Gasteiger partial charge in [-0.05, 0) is 51.4 Å². The number of aromatic nitrogens is 1. The van der Waals surface area contributed by atoms with E-state index in [0.717, 1.165) is 38.0 Å². The monoisotopic (exact) mass is 247 g/mol. The third kappa shape index (κ3) is 2.70. The van der Waals surface area contributed by atoms with Crippen molar-refractivity contribution in [3.8, 4) is 0 Å². The second-order valence-corrected chi connectivity index (χ2v) is 4.74. The van der Waals surface area contributed by atoms with E-state index in [9.17, 15) is 4.79 Å². The highest BCUT2D eigenvalue weighted by atomic mass is 16.2. The first-order valence-corrected chi connectivity index (χ1v) is 6.67. The molecule has 0 aromatic carbocycles. The van der Waals surface area contributed by atoms with Gasteiger partial charge in [0.15, 0.2) is 0 Å². The molecular formula is C14H21N3O. The number of nitrogens with one attached hydrogen (secondary N) is 1. The number of aryl methyl sites for hydroxylation is 1. The Morgan fingerprint density at radius 2 is 2.22 bits per heavy atom. The van der Waals surface area contributed by atoms with Crippen molar-refractivity contribution < 1.29 is 4.79 Å². The van der Waals surface area contributed by atoms with Gasteiger partial charge < -0.3 is 10.2 Å². The van der Waals surface area contributed by atoms with Crippen LogP contribution in [0.1, 0.15) is 35.8 Å². The van der Waals surface area contributed by atoms with Gasteiger partial charge in [-0.25, -0.2) is 0 Å². The summed E-state index contributed by atoms with van der Waals surface area (Å²) in [5.74, 6) is 0.0718. The summed E-state index contributed by atoms with van der Waals surface area (Å²) in [6.07, 6.45) is 3.76. The van der Waals surface area contributed by atoms with Crippen molar-refractivity contribution in [2.75, 3.05) is 19.6 Å².